The molecule has 0 spiro atoms. The number of fused-ring (bicyclic) bond motifs is 1. The average molecular weight is 384 g/mol. The molecular weight excluding hydrogens is 364 g/mol. The first-order chi connectivity index (χ1) is 12.7. The van der Waals surface area contributed by atoms with Crippen molar-refractivity contribution in [2.75, 3.05) is 10.6 Å². The Morgan fingerprint density at radius 1 is 1.15 bits per heavy atom. The first-order valence-electron chi connectivity index (χ1n) is 8.45. The SMILES string of the molecule is C[C@H]1Sc2ccc(C(=O)Nc3ccc(C(C)(C)C(=O)O)cc3)cc2NC1=O. The number of carbonyl (C=O) groups excluding carboxylic acids is 2. The second-order valence-electron chi connectivity index (χ2n) is 6.92. The number of nitrogens with one attached hydrogen (secondary N) is 2. The Morgan fingerprint density at radius 2 is 1.81 bits per heavy atom. The number of carboxylic acids is 1. The fourth-order valence-corrected chi connectivity index (χ4v) is 3.58. The molecule has 3 N–H and O–H groups in total. The molecule has 0 aliphatic carbocycles. The molecule has 3 rings (SSSR count). The van der Waals surface area contributed by atoms with Crippen LogP contribution in [0, 0.1) is 0 Å². The van der Waals surface area contributed by atoms with Gasteiger partial charge in [0, 0.05) is 16.1 Å². The van der Waals surface area contributed by atoms with Gasteiger partial charge in [0.1, 0.15) is 0 Å². The van der Waals surface area contributed by atoms with Gasteiger partial charge in [-0.3, -0.25) is 14.4 Å². The Balaban J connectivity index is 1.75. The molecule has 6 nitrogen and oxygen atoms in total. The zero-order valence-electron chi connectivity index (χ0n) is 15.2. The summed E-state index contributed by atoms with van der Waals surface area (Å²) in [7, 11) is 0. The fourth-order valence-electron chi connectivity index (χ4n) is 2.65. The van der Waals surface area contributed by atoms with E-state index in [9.17, 15) is 19.5 Å². The van der Waals surface area contributed by atoms with Gasteiger partial charge in [-0.25, -0.2) is 0 Å². The summed E-state index contributed by atoms with van der Waals surface area (Å²) in [5, 5.41) is 14.7. The van der Waals surface area contributed by atoms with Crippen molar-refractivity contribution >= 4 is 40.9 Å². The van der Waals surface area contributed by atoms with Gasteiger partial charge in [-0.15, -0.1) is 11.8 Å². The predicted molar refractivity (Wildman–Crippen MR) is 105 cm³/mol. The molecule has 2 amide bonds. The highest BCUT2D eigenvalue weighted by Gasteiger charge is 2.29. The molecule has 1 aliphatic rings. The van der Waals surface area contributed by atoms with Crippen LogP contribution in [-0.4, -0.2) is 28.1 Å². The number of benzene rings is 2. The molecule has 0 unspecified atom stereocenters. The molecular formula is C20H20N2O4S. The van der Waals surface area contributed by atoms with Gasteiger partial charge in [0.25, 0.3) is 5.91 Å². The van der Waals surface area contributed by atoms with Crippen LogP contribution in [0.15, 0.2) is 47.4 Å². The molecule has 140 valence electrons. The number of anilines is 2. The zero-order chi connectivity index (χ0) is 19.8. The van der Waals surface area contributed by atoms with Crippen LogP contribution >= 0.6 is 11.8 Å². The number of rotatable bonds is 4. The van der Waals surface area contributed by atoms with Crippen LogP contribution in [0.5, 0.6) is 0 Å². The van der Waals surface area contributed by atoms with E-state index in [0.717, 1.165) is 4.90 Å². The number of carboxylic acid groups (broad SMARTS) is 1. The molecule has 0 saturated heterocycles. The largest absolute Gasteiger partial charge is 0.481 e. The van der Waals surface area contributed by atoms with Gasteiger partial charge in [-0.05, 0) is 56.7 Å². The smallest absolute Gasteiger partial charge is 0.313 e. The van der Waals surface area contributed by atoms with Crippen molar-refractivity contribution in [3.8, 4) is 0 Å². The van der Waals surface area contributed by atoms with Crippen molar-refractivity contribution in [1.29, 1.82) is 0 Å². The molecule has 0 aromatic heterocycles. The average Bonchev–Trinajstić information content (AvgIpc) is 2.62. The molecule has 2 aromatic rings. The highest BCUT2D eigenvalue weighted by atomic mass is 32.2. The second kappa shape index (κ2) is 7.08. The maximum Gasteiger partial charge on any atom is 0.313 e. The Hall–Kier alpha value is -2.80. The van der Waals surface area contributed by atoms with Crippen LogP contribution in [0.25, 0.3) is 0 Å². The Bertz CT molecular complexity index is 922. The molecule has 2 aromatic carbocycles. The highest BCUT2D eigenvalue weighted by molar-refractivity contribution is 8.00. The lowest BCUT2D eigenvalue weighted by Gasteiger charge is -2.22. The van der Waals surface area contributed by atoms with Crippen molar-refractivity contribution in [3.63, 3.8) is 0 Å². The van der Waals surface area contributed by atoms with E-state index in [2.05, 4.69) is 10.6 Å². The van der Waals surface area contributed by atoms with Crippen LogP contribution < -0.4 is 10.6 Å². The van der Waals surface area contributed by atoms with Crippen molar-refractivity contribution in [1.82, 2.24) is 0 Å². The topological polar surface area (TPSA) is 95.5 Å². The van der Waals surface area contributed by atoms with E-state index in [1.165, 1.54) is 11.8 Å². The number of amides is 2. The second-order valence-corrected chi connectivity index (χ2v) is 8.30. The van der Waals surface area contributed by atoms with E-state index >= 15 is 0 Å². The van der Waals surface area contributed by atoms with E-state index in [1.54, 1.807) is 50.2 Å². The van der Waals surface area contributed by atoms with Gasteiger partial charge in [0.2, 0.25) is 5.91 Å². The van der Waals surface area contributed by atoms with Gasteiger partial charge in [0.15, 0.2) is 0 Å². The predicted octanol–water partition coefficient (Wildman–Crippen LogP) is 3.73. The maximum absolute atomic E-state index is 12.5. The lowest BCUT2D eigenvalue weighted by Crippen LogP contribution is -2.28. The molecule has 1 atom stereocenters. The lowest BCUT2D eigenvalue weighted by molar-refractivity contribution is -0.142. The van der Waals surface area contributed by atoms with Gasteiger partial charge < -0.3 is 15.7 Å². The Labute approximate surface area is 161 Å². The van der Waals surface area contributed by atoms with Crippen LogP contribution in [0.2, 0.25) is 0 Å². The summed E-state index contributed by atoms with van der Waals surface area (Å²) in [5.74, 6) is -1.30. The summed E-state index contributed by atoms with van der Waals surface area (Å²) in [4.78, 5) is 36.6. The molecule has 27 heavy (non-hydrogen) atoms. The molecule has 7 heteroatoms. The van der Waals surface area contributed by atoms with E-state index in [1.807, 2.05) is 13.0 Å². The molecule has 0 fully saturated rings. The molecule has 0 bridgehead atoms. The van der Waals surface area contributed by atoms with E-state index in [0.29, 0.717) is 22.5 Å². The van der Waals surface area contributed by atoms with E-state index in [-0.39, 0.29) is 17.1 Å². The summed E-state index contributed by atoms with van der Waals surface area (Å²) in [6.07, 6.45) is 0. The van der Waals surface area contributed by atoms with E-state index in [4.69, 9.17) is 0 Å². The summed E-state index contributed by atoms with van der Waals surface area (Å²) in [6, 6.07) is 11.9. The minimum atomic E-state index is -1.01. The summed E-state index contributed by atoms with van der Waals surface area (Å²) < 4.78 is 0. The third-order valence-corrected chi connectivity index (χ3v) is 5.75. The van der Waals surface area contributed by atoms with Gasteiger partial charge in [0.05, 0.1) is 16.4 Å². The van der Waals surface area contributed by atoms with Gasteiger partial charge >= 0.3 is 5.97 Å². The Kier molecular flexibility index (Phi) is 4.97. The summed E-state index contributed by atoms with van der Waals surface area (Å²) in [5.41, 5.74) is 1.27. The fraction of sp³-hybridized carbons (Fsp3) is 0.250. The number of aliphatic carboxylic acids is 1. The molecule has 1 aliphatic heterocycles. The third-order valence-electron chi connectivity index (χ3n) is 4.57. The van der Waals surface area contributed by atoms with Crippen molar-refractivity contribution in [3.05, 3.63) is 53.6 Å². The first-order valence-corrected chi connectivity index (χ1v) is 9.33. The van der Waals surface area contributed by atoms with Crippen LogP contribution in [0.4, 0.5) is 11.4 Å². The van der Waals surface area contributed by atoms with Gasteiger partial charge in [-0.2, -0.15) is 0 Å². The third kappa shape index (κ3) is 3.83. The van der Waals surface area contributed by atoms with Crippen LogP contribution in [0.3, 0.4) is 0 Å². The minimum absolute atomic E-state index is 0.0818. The number of thioether (sulfide) groups is 1. The van der Waals surface area contributed by atoms with Crippen LogP contribution in [-0.2, 0) is 15.0 Å². The minimum Gasteiger partial charge on any atom is -0.481 e. The first kappa shape index (κ1) is 19.0. The van der Waals surface area contributed by atoms with Crippen molar-refractivity contribution in [2.24, 2.45) is 0 Å². The monoisotopic (exact) mass is 384 g/mol. The highest BCUT2D eigenvalue weighted by Crippen LogP contribution is 2.36. The lowest BCUT2D eigenvalue weighted by atomic mass is 9.85. The van der Waals surface area contributed by atoms with Crippen molar-refractivity contribution < 1.29 is 19.5 Å². The quantitative estimate of drug-likeness (QED) is 0.746. The molecule has 1 heterocycles. The summed E-state index contributed by atoms with van der Waals surface area (Å²) in [6.45, 7) is 5.09. The maximum atomic E-state index is 12.5. The number of hydrogen-bond donors (Lipinski definition) is 3. The summed E-state index contributed by atoms with van der Waals surface area (Å²) >= 11 is 1.46. The Morgan fingerprint density at radius 3 is 2.44 bits per heavy atom. The molecule has 0 saturated carbocycles. The zero-order valence-corrected chi connectivity index (χ0v) is 16.0. The normalized spacial score (nSPS) is 16.3. The molecule has 0 radical (unpaired) electrons. The van der Waals surface area contributed by atoms with Crippen molar-refractivity contribution in [2.45, 2.75) is 36.3 Å². The standard InChI is InChI=1S/C20H20N2O4S/c1-11-17(23)22-15-10-12(4-9-16(15)27-11)18(24)21-14-7-5-13(6-8-14)20(2,3)19(25)26/h4-11H,1-3H3,(H,21,24)(H,22,23)(H,25,26)/t11-/m1/s1. The number of carbonyl (C=O) groups is 3. The van der Waals surface area contributed by atoms with Crippen LogP contribution in [0.1, 0.15) is 36.7 Å². The number of hydrogen-bond acceptors (Lipinski definition) is 4. The van der Waals surface area contributed by atoms with Gasteiger partial charge in [-0.1, -0.05) is 12.1 Å². The van der Waals surface area contributed by atoms with E-state index < -0.39 is 11.4 Å².